The summed E-state index contributed by atoms with van der Waals surface area (Å²) in [7, 11) is -0.334. The summed E-state index contributed by atoms with van der Waals surface area (Å²) >= 11 is 0. The maximum absolute atomic E-state index is 5.71. The van der Waals surface area contributed by atoms with Crippen molar-refractivity contribution < 1.29 is 4.74 Å². The Hall–Kier alpha value is 0.137. The molecule has 0 aromatic carbocycles. The first-order chi connectivity index (χ1) is 5.27. The quantitative estimate of drug-likeness (QED) is 0.676. The van der Waals surface area contributed by atoms with Gasteiger partial charge in [-0.25, -0.2) is 0 Å². The highest BCUT2D eigenvalue weighted by atomic mass is 28.2. The molecule has 0 unspecified atom stereocenters. The van der Waals surface area contributed by atoms with Gasteiger partial charge in [-0.05, 0) is 32.2 Å². The van der Waals surface area contributed by atoms with E-state index in [4.69, 9.17) is 10.1 Å². The molecule has 0 heterocycles. The molecule has 0 fully saturated rings. The number of ether oxygens (including phenoxy) is 1. The lowest BCUT2D eigenvalue weighted by Gasteiger charge is -2.29. The number of rotatable bonds is 4. The van der Waals surface area contributed by atoms with E-state index in [2.05, 4.69) is 34.6 Å². The van der Waals surface area contributed by atoms with E-state index in [1.54, 1.807) is 0 Å². The maximum Gasteiger partial charge on any atom is 0.0894 e. The van der Waals surface area contributed by atoms with Crippen molar-refractivity contribution in [1.29, 1.82) is 0 Å². The predicted molar refractivity (Wildman–Crippen MR) is 57.0 cm³/mol. The average molecular weight is 189 g/mol. The van der Waals surface area contributed by atoms with Gasteiger partial charge in [0.1, 0.15) is 0 Å². The Morgan fingerprint density at radius 2 is 1.67 bits per heavy atom. The first-order valence-corrected chi connectivity index (χ1v) is 6.42. The van der Waals surface area contributed by atoms with E-state index in [-0.39, 0.29) is 20.7 Å². The molecule has 0 aromatic rings. The highest BCUT2D eigenvalue weighted by Gasteiger charge is 2.20. The highest BCUT2D eigenvalue weighted by molar-refractivity contribution is 6.31. The molecule has 0 rings (SSSR count). The summed E-state index contributed by atoms with van der Waals surface area (Å²) in [6, 6.07) is 1.16. The van der Waals surface area contributed by atoms with Gasteiger partial charge in [0.15, 0.2) is 0 Å². The number of nitrogens with two attached hydrogens (primary N) is 1. The fourth-order valence-corrected chi connectivity index (χ4v) is 1.80. The lowest BCUT2D eigenvalue weighted by molar-refractivity contribution is -0.0382. The minimum Gasteiger partial charge on any atom is -0.375 e. The summed E-state index contributed by atoms with van der Waals surface area (Å²) < 4.78 is 5.71. The van der Waals surface area contributed by atoms with Crippen LogP contribution in [0.2, 0.25) is 6.04 Å². The van der Waals surface area contributed by atoms with Gasteiger partial charge in [-0.1, -0.05) is 13.8 Å². The summed E-state index contributed by atoms with van der Waals surface area (Å²) in [5, 5.41) is 5.64. The molecule has 0 aliphatic heterocycles. The Bertz CT molecular complexity index is 129. The Morgan fingerprint density at radius 1 is 1.17 bits per heavy atom. The third-order valence-corrected chi connectivity index (χ3v) is 3.36. The fourth-order valence-electron chi connectivity index (χ4n) is 0.875. The molecule has 3 heteroatoms. The van der Waals surface area contributed by atoms with Crippen LogP contribution in [0.4, 0.5) is 0 Å². The van der Waals surface area contributed by atoms with E-state index in [0.717, 1.165) is 12.7 Å². The summed E-state index contributed by atoms with van der Waals surface area (Å²) in [6.07, 6.45) is 0. The molecule has 12 heavy (non-hydrogen) atoms. The van der Waals surface area contributed by atoms with Gasteiger partial charge in [-0.2, -0.15) is 0 Å². The fraction of sp³-hybridized carbons (Fsp3) is 1.00. The van der Waals surface area contributed by atoms with Crippen LogP contribution in [0.5, 0.6) is 0 Å². The van der Waals surface area contributed by atoms with Gasteiger partial charge in [0.2, 0.25) is 0 Å². The van der Waals surface area contributed by atoms with Crippen molar-refractivity contribution in [1.82, 2.24) is 0 Å². The zero-order chi connectivity index (χ0) is 9.83. The van der Waals surface area contributed by atoms with Crippen LogP contribution in [0, 0.1) is 5.41 Å². The van der Waals surface area contributed by atoms with E-state index >= 15 is 0 Å². The second-order valence-electron chi connectivity index (χ2n) is 5.10. The smallest absolute Gasteiger partial charge is 0.0894 e. The van der Waals surface area contributed by atoms with Crippen LogP contribution >= 0.6 is 0 Å². The molecule has 0 saturated heterocycles. The summed E-state index contributed by atoms with van der Waals surface area (Å²) in [5.41, 5.74) is 0.252. The zero-order valence-electron chi connectivity index (χ0n) is 9.11. The molecule has 0 aliphatic rings. The van der Waals surface area contributed by atoms with Crippen molar-refractivity contribution in [2.24, 2.45) is 10.8 Å². The molecule has 2 N–H and O–H groups in total. The lowest BCUT2D eigenvalue weighted by atomic mass is 9.97. The molecule has 74 valence electrons. The second-order valence-corrected chi connectivity index (χ2v) is 6.18. The van der Waals surface area contributed by atoms with E-state index in [9.17, 15) is 0 Å². The normalized spacial score (nSPS) is 14.5. The Labute approximate surface area is 78.8 Å². The third-order valence-electron chi connectivity index (χ3n) is 1.72. The van der Waals surface area contributed by atoms with Gasteiger partial charge in [0, 0.05) is 0 Å². The Morgan fingerprint density at radius 3 is 2.00 bits per heavy atom. The van der Waals surface area contributed by atoms with E-state index in [1.807, 2.05) is 0 Å². The van der Waals surface area contributed by atoms with E-state index in [0.29, 0.717) is 0 Å². The largest absolute Gasteiger partial charge is 0.375 e. The summed E-state index contributed by atoms with van der Waals surface area (Å²) in [5.74, 6) is 0. The second kappa shape index (κ2) is 4.39. The summed E-state index contributed by atoms with van der Waals surface area (Å²) in [6.45, 7) is 11.5. The van der Waals surface area contributed by atoms with Crippen LogP contribution < -0.4 is 5.40 Å². The minimum atomic E-state index is -0.334. The van der Waals surface area contributed by atoms with Crippen molar-refractivity contribution in [2.45, 2.75) is 46.3 Å². The highest BCUT2D eigenvalue weighted by Crippen LogP contribution is 2.22. The molecular weight excluding hydrogens is 166 g/mol. The van der Waals surface area contributed by atoms with Crippen molar-refractivity contribution in [3.8, 4) is 0 Å². The van der Waals surface area contributed by atoms with Crippen LogP contribution in [0.25, 0.3) is 0 Å². The van der Waals surface area contributed by atoms with E-state index in [1.165, 1.54) is 0 Å². The Kier molecular flexibility index (Phi) is 4.44. The number of hydrogen-bond acceptors (Lipinski definition) is 2. The standard InChI is InChI=1S/C9H23NOSi/c1-8(2,3)11-6-9(4,5)7-12-10/h6-7,10,12H2,1-5H3. The van der Waals surface area contributed by atoms with Crippen LogP contribution in [0.3, 0.4) is 0 Å². The predicted octanol–water partition coefficient (Wildman–Crippen LogP) is 1.29. The molecular formula is C9H23NOSi. The van der Waals surface area contributed by atoms with Crippen molar-refractivity contribution in [2.75, 3.05) is 6.61 Å². The number of hydrogen-bond donors (Lipinski definition) is 1. The first kappa shape index (κ1) is 12.1. The van der Waals surface area contributed by atoms with Gasteiger partial charge in [0.05, 0.1) is 21.9 Å². The zero-order valence-corrected chi connectivity index (χ0v) is 10.5. The molecule has 0 radical (unpaired) electrons. The van der Waals surface area contributed by atoms with Gasteiger partial charge < -0.3 is 10.1 Å². The average Bonchev–Trinajstić information content (AvgIpc) is 1.83. The first-order valence-electron chi connectivity index (χ1n) is 4.61. The third kappa shape index (κ3) is 6.82. The van der Waals surface area contributed by atoms with Crippen LogP contribution in [0.15, 0.2) is 0 Å². The summed E-state index contributed by atoms with van der Waals surface area (Å²) in [4.78, 5) is 0. The van der Waals surface area contributed by atoms with Crippen LogP contribution in [-0.4, -0.2) is 21.9 Å². The van der Waals surface area contributed by atoms with Crippen molar-refractivity contribution >= 4 is 9.68 Å². The Balaban J connectivity index is 3.75. The molecule has 0 spiro atoms. The van der Waals surface area contributed by atoms with Crippen LogP contribution in [0.1, 0.15) is 34.6 Å². The molecule has 0 amide bonds. The van der Waals surface area contributed by atoms with Gasteiger partial charge in [-0.15, -0.1) is 0 Å². The van der Waals surface area contributed by atoms with Crippen molar-refractivity contribution in [3.05, 3.63) is 0 Å². The van der Waals surface area contributed by atoms with Gasteiger partial charge >= 0.3 is 0 Å². The molecule has 0 atom stereocenters. The molecule has 0 saturated carbocycles. The van der Waals surface area contributed by atoms with Gasteiger partial charge in [-0.3, -0.25) is 0 Å². The maximum atomic E-state index is 5.71. The molecule has 2 nitrogen and oxygen atoms in total. The topological polar surface area (TPSA) is 35.2 Å². The molecule has 0 aromatic heterocycles. The minimum absolute atomic E-state index is 0.0204. The lowest BCUT2D eigenvalue weighted by Crippen LogP contribution is -2.30. The van der Waals surface area contributed by atoms with Crippen molar-refractivity contribution in [3.63, 3.8) is 0 Å². The monoisotopic (exact) mass is 189 g/mol. The SMILES string of the molecule is CC(C)(COC(C)(C)C)C[SiH2]N. The van der Waals surface area contributed by atoms with Gasteiger partial charge in [0.25, 0.3) is 0 Å². The molecule has 0 aliphatic carbocycles. The van der Waals surface area contributed by atoms with E-state index < -0.39 is 0 Å². The molecule has 0 bridgehead atoms. The van der Waals surface area contributed by atoms with Crippen LogP contribution in [-0.2, 0) is 4.74 Å².